The predicted molar refractivity (Wildman–Crippen MR) is 81.5 cm³/mol. The number of aromatic nitrogens is 4. The maximum Gasteiger partial charge on any atom is 0.277 e. The molecule has 2 heterocycles. The summed E-state index contributed by atoms with van der Waals surface area (Å²) in [7, 11) is 1.79. The second-order valence-corrected chi connectivity index (χ2v) is 5.15. The Morgan fingerprint density at radius 2 is 2.29 bits per heavy atom. The molecule has 1 aromatic carbocycles. The summed E-state index contributed by atoms with van der Waals surface area (Å²) >= 11 is 5.98. The quantitative estimate of drug-likeness (QED) is 0.766. The molecule has 0 aliphatic rings. The highest BCUT2D eigenvalue weighted by Crippen LogP contribution is 2.14. The van der Waals surface area contributed by atoms with Gasteiger partial charge in [-0.3, -0.25) is 4.79 Å². The highest BCUT2D eigenvalue weighted by molar-refractivity contribution is 6.30. The summed E-state index contributed by atoms with van der Waals surface area (Å²) in [6.07, 6.45) is 1.62. The SMILES string of the molecule is CNCc1nc2ncn(Cc3cccc(Cl)c3)c2c(=O)[nH]1. The number of halogens is 1. The second-order valence-electron chi connectivity index (χ2n) is 4.72. The fourth-order valence-electron chi connectivity index (χ4n) is 2.23. The van der Waals surface area contributed by atoms with Crippen molar-refractivity contribution in [3.63, 3.8) is 0 Å². The molecule has 0 atom stereocenters. The number of hydrogen-bond acceptors (Lipinski definition) is 4. The summed E-state index contributed by atoms with van der Waals surface area (Å²) in [5.41, 5.74) is 1.73. The highest BCUT2D eigenvalue weighted by Gasteiger charge is 2.10. The van der Waals surface area contributed by atoms with Crippen molar-refractivity contribution in [2.75, 3.05) is 7.05 Å². The number of nitrogens with one attached hydrogen (secondary N) is 2. The molecule has 6 nitrogen and oxygen atoms in total. The van der Waals surface area contributed by atoms with Crippen molar-refractivity contribution in [2.45, 2.75) is 13.1 Å². The van der Waals surface area contributed by atoms with Crippen molar-refractivity contribution in [3.05, 3.63) is 57.4 Å². The maximum absolute atomic E-state index is 12.2. The van der Waals surface area contributed by atoms with E-state index in [0.717, 1.165) is 5.56 Å². The van der Waals surface area contributed by atoms with Crippen LogP contribution in [0.3, 0.4) is 0 Å². The summed E-state index contributed by atoms with van der Waals surface area (Å²) in [6.45, 7) is 1.01. The highest BCUT2D eigenvalue weighted by atomic mass is 35.5. The molecule has 0 unspecified atom stereocenters. The Balaban J connectivity index is 2.02. The van der Waals surface area contributed by atoms with Crippen LogP contribution < -0.4 is 10.9 Å². The number of aromatic amines is 1. The lowest BCUT2D eigenvalue weighted by atomic mass is 10.2. The van der Waals surface area contributed by atoms with Gasteiger partial charge >= 0.3 is 0 Å². The predicted octanol–water partition coefficient (Wildman–Crippen LogP) is 1.54. The number of benzene rings is 1. The van der Waals surface area contributed by atoms with Crippen LogP contribution in [0.1, 0.15) is 11.4 Å². The Labute approximate surface area is 125 Å². The molecule has 0 radical (unpaired) electrons. The van der Waals surface area contributed by atoms with Crippen LogP contribution in [0.2, 0.25) is 5.02 Å². The first-order valence-corrected chi connectivity index (χ1v) is 6.88. The van der Waals surface area contributed by atoms with Crippen LogP contribution in [0.25, 0.3) is 11.2 Å². The standard InChI is InChI=1S/C14H14ClN5O/c1-16-6-11-18-13-12(14(21)19-11)20(8-17-13)7-9-3-2-4-10(15)5-9/h2-5,8,16H,6-7H2,1H3,(H,18,19,21). The number of nitrogens with zero attached hydrogens (tertiary/aromatic N) is 3. The molecule has 2 aromatic heterocycles. The Kier molecular flexibility index (Phi) is 3.72. The molecule has 7 heteroatoms. The van der Waals surface area contributed by atoms with Crippen LogP contribution in [0.4, 0.5) is 0 Å². The van der Waals surface area contributed by atoms with Crippen molar-refractivity contribution in [1.29, 1.82) is 0 Å². The first kappa shape index (κ1) is 13.8. The van der Waals surface area contributed by atoms with Gasteiger partial charge in [0.15, 0.2) is 11.2 Å². The van der Waals surface area contributed by atoms with E-state index < -0.39 is 0 Å². The van der Waals surface area contributed by atoms with E-state index in [0.29, 0.717) is 35.1 Å². The fraction of sp³-hybridized carbons (Fsp3) is 0.214. The van der Waals surface area contributed by atoms with Crippen LogP contribution in [0, 0.1) is 0 Å². The first-order valence-electron chi connectivity index (χ1n) is 6.50. The summed E-state index contributed by atoms with van der Waals surface area (Å²) in [5.74, 6) is 0.572. The van der Waals surface area contributed by atoms with Gasteiger partial charge in [0, 0.05) is 11.6 Å². The van der Waals surface area contributed by atoms with Crippen molar-refractivity contribution in [2.24, 2.45) is 0 Å². The third kappa shape index (κ3) is 2.81. The van der Waals surface area contributed by atoms with Gasteiger partial charge in [0.05, 0.1) is 12.9 Å². The molecule has 0 saturated carbocycles. The number of H-pyrrole nitrogens is 1. The van der Waals surface area contributed by atoms with Gasteiger partial charge in [-0.05, 0) is 24.7 Å². The van der Waals surface area contributed by atoms with Crippen molar-refractivity contribution >= 4 is 22.8 Å². The molecule has 0 saturated heterocycles. The fourth-order valence-corrected chi connectivity index (χ4v) is 2.45. The normalized spacial score (nSPS) is 11.1. The molecule has 3 aromatic rings. The van der Waals surface area contributed by atoms with Gasteiger partial charge in [-0.15, -0.1) is 0 Å². The Morgan fingerprint density at radius 1 is 1.43 bits per heavy atom. The van der Waals surface area contributed by atoms with Crippen LogP contribution in [-0.2, 0) is 13.1 Å². The molecule has 0 spiro atoms. The van der Waals surface area contributed by atoms with Gasteiger partial charge in [-0.2, -0.15) is 0 Å². The van der Waals surface area contributed by atoms with Gasteiger partial charge in [-0.25, -0.2) is 9.97 Å². The molecule has 0 aliphatic carbocycles. The van der Waals surface area contributed by atoms with E-state index >= 15 is 0 Å². The molecule has 0 fully saturated rings. The number of rotatable bonds is 4. The molecule has 2 N–H and O–H groups in total. The van der Waals surface area contributed by atoms with Crippen LogP contribution in [-0.4, -0.2) is 26.6 Å². The number of imidazole rings is 1. The molecule has 108 valence electrons. The molecular formula is C14H14ClN5O. The average molecular weight is 304 g/mol. The van der Waals surface area contributed by atoms with E-state index in [2.05, 4.69) is 20.3 Å². The van der Waals surface area contributed by atoms with E-state index in [1.54, 1.807) is 17.9 Å². The van der Waals surface area contributed by atoms with Gasteiger partial charge < -0.3 is 14.9 Å². The zero-order chi connectivity index (χ0) is 14.8. The van der Waals surface area contributed by atoms with Crippen molar-refractivity contribution in [3.8, 4) is 0 Å². The first-order chi connectivity index (χ1) is 10.2. The minimum atomic E-state index is -0.190. The lowest BCUT2D eigenvalue weighted by Crippen LogP contribution is -2.18. The molecule has 21 heavy (non-hydrogen) atoms. The largest absolute Gasteiger partial charge is 0.320 e. The Morgan fingerprint density at radius 3 is 3.05 bits per heavy atom. The van der Waals surface area contributed by atoms with E-state index in [1.165, 1.54) is 0 Å². The van der Waals surface area contributed by atoms with Gasteiger partial charge in [-0.1, -0.05) is 23.7 Å². The lowest BCUT2D eigenvalue weighted by molar-refractivity contribution is 0.756. The van der Waals surface area contributed by atoms with Crippen LogP contribution in [0.5, 0.6) is 0 Å². The van der Waals surface area contributed by atoms with Crippen molar-refractivity contribution < 1.29 is 0 Å². The van der Waals surface area contributed by atoms with Crippen LogP contribution >= 0.6 is 11.6 Å². The zero-order valence-electron chi connectivity index (χ0n) is 11.4. The van der Waals surface area contributed by atoms with Crippen LogP contribution in [0.15, 0.2) is 35.4 Å². The second kappa shape index (κ2) is 5.67. The Bertz CT molecular complexity index is 839. The van der Waals surface area contributed by atoms with E-state index in [-0.39, 0.29) is 5.56 Å². The smallest absolute Gasteiger partial charge is 0.277 e. The third-order valence-electron chi connectivity index (χ3n) is 3.12. The molecule has 3 rings (SSSR count). The summed E-state index contributed by atoms with van der Waals surface area (Å²) in [6, 6.07) is 7.51. The minimum absolute atomic E-state index is 0.190. The molecule has 0 amide bonds. The van der Waals surface area contributed by atoms with E-state index in [9.17, 15) is 4.79 Å². The summed E-state index contributed by atoms with van der Waals surface area (Å²) in [4.78, 5) is 23.5. The molecular weight excluding hydrogens is 290 g/mol. The molecule has 0 aliphatic heterocycles. The average Bonchev–Trinajstić information content (AvgIpc) is 2.83. The van der Waals surface area contributed by atoms with Gasteiger partial charge in [0.25, 0.3) is 5.56 Å². The summed E-state index contributed by atoms with van der Waals surface area (Å²) < 4.78 is 1.77. The van der Waals surface area contributed by atoms with E-state index in [4.69, 9.17) is 11.6 Å². The van der Waals surface area contributed by atoms with E-state index in [1.807, 2.05) is 24.3 Å². The topological polar surface area (TPSA) is 75.6 Å². The monoisotopic (exact) mass is 303 g/mol. The van der Waals surface area contributed by atoms with Gasteiger partial charge in [0.1, 0.15) is 5.82 Å². The zero-order valence-corrected chi connectivity index (χ0v) is 12.2. The number of fused-ring (bicyclic) bond motifs is 1. The third-order valence-corrected chi connectivity index (χ3v) is 3.35. The Hall–Kier alpha value is -2.18. The maximum atomic E-state index is 12.2. The molecule has 0 bridgehead atoms. The van der Waals surface area contributed by atoms with Crippen molar-refractivity contribution in [1.82, 2.24) is 24.8 Å². The minimum Gasteiger partial charge on any atom is -0.320 e. The lowest BCUT2D eigenvalue weighted by Gasteiger charge is -2.05. The number of hydrogen-bond donors (Lipinski definition) is 2. The summed E-state index contributed by atoms with van der Waals surface area (Å²) in [5, 5.41) is 3.61. The van der Waals surface area contributed by atoms with Gasteiger partial charge in [0.2, 0.25) is 0 Å².